The van der Waals surface area contributed by atoms with E-state index in [1.807, 2.05) is 25.7 Å². The number of morpholine rings is 1. The minimum atomic E-state index is -1.27. The summed E-state index contributed by atoms with van der Waals surface area (Å²) in [7, 11) is 0. The van der Waals surface area contributed by atoms with Gasteiger partial charge in [0.1, 0.15) is 11.7 Å². The number of piperidine rings is 1. The molecule has 3 aliphatic heterocycles. The van der Waals surface area contributed by atoms with Crippen LogP contribution in [0.5, 0.6) is 0 Å². The van der Waals surface area contributed by atoms with E-state index in [0.717, 1.165) is 44.9 Å². The molecule has 3 saturated heterocycles. The molecule has 8 aliphatic rings. The van der Waals surface area contributed by atoms with E-state index < -0.39 is 35.8 Å². The van der Waals surface area contributed by atoms with Crippen LogP contribution in [-0.2, 0) is 23.7 Å². The number of amides is 2. The minimum absolute atomic E-state index is 0.0392. The maximum atomic E-state index is 13.6. The number of hydrogen-bond acceptors (Lipinski definition) is 9. The Morgan fingerprint density at radius 1 is 0.895 bits per heavy atom. The Bertz CT molecular complexity index is 1550. The van der Waals surface area contributed by atoms with Gasteiger partial charge in [-0.1, -0.05) is 34.6 Å². The number of nitrogens with zero attached hydrogens (tertiary/aromatic N) is 2. The van der Waals surface area contributed by atoms with Gasteiger partial charge in [-0.3, -0.25) is 4.79 Å². The summed E-state index contributed by atoms with van der Waals surface area (Å²) in [5.74, 6) is 1.82. The van der Waals surface area contributed by atoms with Gasteiger partial charge in [-0.15, -0.1) is 0 Å². The lowest BCUT2D eigenvalue weighted by molar-refractivity contribution is -0.248. The lowest BCUT2D eigenvalue weighted by Crippen LogP contribution is -2.60. The summed E-state index contributed by atoms with van der Waals surface area (Å²) in [6, 6.07) is 0. The molecule has 0 aromatic carbocycles. The molecule has 14 unspecified atom stereocenters. The predicted molar refractivity (Wildman–Crippen MR) is 215 cm³/mol. The molecule has 0 aromatic rings. The van der Waals surface area contributed by atoms with E-state index in [4.69, 9.17) is 18.9 Å². The average molecular weight is 801 g/mol. The summed E-state index contributed by atoms with van der Waals surface area (Å²) in [6.07, 6.45) is 7.48. The van der Waals surface area contributed by atoms with E-state index in [1.54, 1.807) is 18.7 Å². The van der Waals surface area contributed by atoms with Crippen molar-refractivity contribution in [3.05, 3.63) is 0 Å². The number of likely N-dealkylation sites (tertiary alicyclic amines) is 1. The van der Waals surface area contributed by atoms with E-state index in [1.165, 1.54) is 12.8 Å². The largest absolute Gasteiger partial charge is 0.444 e. The van der Waals surface area contributed by atoms with Gasteiger partial charge in [0.2, 0.25) is 5.91 Å². The van der Waals surface area contributed by atoms with Crippen LogP contribution < -0.4 is 0 Å². The summed E-state index contributed by atoms with van der Waals surface area (Å²) >= 11 is 0. The molecular formula is C46H76N2O9. The van der Waals surface area contributed by atoms with Crippen LogP contribution in [-0.4, -0.2) is 118 Å². The summed E-state index contributed by atoms with van der Waals surface area (Å²) in [4.78, 5) is 29.9. The summed E-state index contributed by atoms with van der Waals surface area (Å²) < 4.78 is 25.4. The molecule has 5 aliphatic carbocycles. The third-order valence-electron chi connectivity index (χ3n) is 18.3. The third kappa shape index (κ3) is 6.54. The van der Waals surface area contributed by atoms with Crippen LogP contribution in [0.2, 0.25) is 0 Å². The van der Waals surface area contributed by atoms with Crippen molar-refractivity contribution < 1.29 is 43.9 Å². The SMILES string of the molecule is CC1CC(C(O)C(C)(C)O)OC2C1C1(C)CCC34CC35CCC(OC3CN(C(=O)CC6CCN(C(=O)OC(C)(C)C)CC6)CCO3)C(C)(C)C5CCC4C1(C)C2O. The van der Waals surface area contributed by atoms with Gasteiger partial charge in [-0.25, -0.2) is 4.79 Å². The maximum absolute atomic E-state index is 13.6. The van der Waals surface area contributed by atoms with Crippen LogP contribution in [0.25, 0.3) is 0 Å². The highest BCUT2D eigenvalue weighted by Gasteiger charge is 2.84. The molecule has 5 saturated carbocycles. The van der Waals surface area contributed by atoms with Gasteiger partial charge < -0.3 is 44.1 Å². The van der Waals surface area contributed by atoms with E-state index in [2.05, 4.69) is 34.6 Å². The Labute approximate surface area is 342 Å². The highest BCUT2D eigenvalue weighted by molar-refractivity contribution is 5.76. The van der Waals surface area contributed by atoms with Crippen molar-refractivity contribution >= 4 is 12.0 Å². The molecule has 8 fully saturated rings. The molecule has 2 spiro atoms. The molecule has 57 heavy (non-hydrogen) atoms. The van der Waals surface area contributed by atoms with Crippen LogP contribution in [0.4, 0.5) is 4.79 Å². The second-order valence-electron chi connectivity index (χ2n) is 23.0. The lowest BCUT2D eigenvalue weighted by Gasteiger charge is -2.64. The second-order valence-corrected chi connectivity index (χ2v) is 23.0. The zero-order valence-corrected chi connectivity index (χ0v) is 36.9. The normalized spacial score (nSPS) is 46.2. The van der Waals surface area contributed by atoms with Crippen molar-refractivity contribution in [2.45, 2.75) is 188 Å². The lowest BCUT2D eigenvalue weighted by atomic mass is 9.41. The highest BCUT2D eigenvalue weighted by atomic mass is 16.7. The number of aliphatic hydroxyl groups excluding tert-OH is 2. The fourth-order valence-electron chi connectivity index (χ4n) is 15.3. The number of rotatable bonds is 6. The van der Waals surface area contributed by atoms with Crippen molar-refractivity contribution in [1.82, 2.24) is 9.80 Å². The van der Waals surface area contributed by atoms with E-state index >= 15 is 0 Å². The second kappa shape index (κ2) is 14.0. The predicted octanol–water partition coefficient (Wildman–Crippen LogP) is 6.54. The smallest absolute Gasteiger partial charge is 0.410 e. The number of fused-ring (bicyclic) bond motifs is 4. The first kappa shape index (κ1) is 42.2. The molecule has 3 heterocycles. The summed E-state index contributed by atoms with van der Waals surface area (Å²) in [5, 5.41) is 34.3. The fourth-order valence-corrected chi connectivity index (χ4v) is 15.3. The first-order valence-corrected chi connectivity index (χ1v) is 22.8. The summed E-state index contributed by atoms with van der Waals surface area (Å²) in [5.41, 5.74) is -1.76. The van der Waals surface area contributed by atoms with E-state index in [0.29, 0.717) is 57.5 Å². The van der Waals surface area contributed by atoms with Crippen LogP contribution >= 0.6 is 0 Å². The van der Waals surface area contributed by atoms with Gasteiger partial charge >= 0.3 is 6.09 Å². The van der Waals surface area contributed by atoms with Crippen molar-refractivity contribution in [1.29, 1.82) is 0 Å². The zero-order valence-electron chi connectivity index (χ0n) is 36.9. The number of hydrogen-bond donors (Lipinski definition) is 3. The molecule has 3 N–H and O–H groups in total. The standard InChI is InChI=1S/C46H76N2O9/c1-27-23-29(37(50)42(7,8)53)55-36-35(27)43(9)17-18-46-26-45(46)16-13-32(41(5,6)30(45)11-12-31(46)44(43,10)38(36)51)56-34-25-48(21-22-54-34)33(49)24-28-14-19-47(20-15-28)39(52)57-40(2,3)4/h27-32,34-38,50-51,53H,11-26H2,1-10H3. The number of aliphatic hydroxyl groups is 3. The monoisotopic (exact) mass is 801 g/mol. The number of ether oxygens (including phenoxy) is 4. The molecule has 8 rings (SSSR count). The molecule has 2 amide bonds. The third-order valence-corrected chi connectivity index (χ3v) is 18.3. The van der Waals surface area contributed by atoms with E-state index in [9.17, 15) is 24.9 Å². The van der Waals surface area contributed by atoms with Gasteiger partial charge in [-0.05, 0) is 150 Å². The van der Waals surface area contributed by atoms with Crippen LogP contribution in [0.15, 0.2) is 0 Å². The Morgan fingerprint density at radius 3 is 2.23 bits per heavy atom. The Hall–Kier alpha value is -1.50. The molecule has 11 nitrogen and oxygen atoms in total. The first-order valence-electron chi connectivity index (χ1n) is 22.8. The molecule has 14 atom stereocenters. The van der Waals surface area contributed by atoms with Crippen LogP contribution in [0.1, 0.15) is 140 Å². The molecule has 11 heteroatoms. The molecule has 0 radical (unpaired) electrons. The van der Waals surface area contributed by atoms with E-state index in [-0.39, 0.29) is 69.0 Å². The number of carbonyl (C=O) groups is 2. The van der Waals surface area contributed by atoms with Gasteiger partial charge in [0.15, 0.2) is 6.29 Å². The topological polar surface area (TPSA) is 138 Å². The Balaban J connectivity index is 0.903. The summed E-state index contributed by atoms with van der Waals surface area (Å²) in [6.45, 7) is 23.6. The minimum Gasteiger partial charge on any atom is -0.444 e. The molecule has 0 bridgehead atoms. The highest BCUT2D eigenvalue weighted by Crippen LogP contribution is 2.89. The molecule has 0 aromatic heterocycles. The van der Waals surface area contributed by atoms with Crippen molar-refractivity contribution in [2.75, 3.05) is 32.8 Å². The van der Waals surface area contributed by atoms with Crippen LogP contribution in [0.3, 0.4) is 0 Å². The van der Waals surface area contributed by atoms with Gasteiger partial charge in [0.25, 0.3) is 0 Å². The van der Waals surface area contributed by atoms with Crippen molar-refractivity contribution in [2.24, 2.45) is 56.7 Å². The quantitative estimate of drug-likeness (QED) is 0.274. The Kier molecular flexibility index (Phi) is 10.4. The first-order chi connectivity index (χ1) is 26.5. The van der Waals surface area contributed by atoms with Crippen molar-refractivity contribution in [3.8, 4) is 0 Å². The van der Waals surface area contributed by atoms with Gasteiger partial charge in [0, 0.05) is 31.5 Å². The number of carbonyl (C=O) groups excluding carboxylic acids is 2. The van der Waals surface area contributed by atoms with Crippen molar-refractivity contribution in [3.63, 3.8) is 0 Å². The van der Waals surface area contributed by atoms with Gasteiger partial charge in [0.05, 0.1) is 43.2 Å². The Morgan fingerprint density at radius 2 is 1.56 bits per heavy atom. The zero-order chi connectivity index (χ0) is 41.3. The van der Waals surface area contributed by atoms with Crippen LogP contribution in [0, 0.1) is 56.7 Å². The fraction of sp³-hybridized carbons (Fsp3) is 0.957. The average Bonchev–Trinajstić information content (AvgIpc) is 3.76. The maximum Gasteiger partial charge on any atom is 0.410 e. The molecular weight excluding hydrogens is 725 g/mol. The van der Waals surface area contributed by atoms with Gasteiger partial charge in [-0.2, -0.15) is 0 Å². The molecule has 324 valence electrons.